The number of thiazole rings is 1. The SMILES string of the molecule is CCCCCCCCOc1ccc(C(C)CCCC(CC)c2csc3nccn23)cc1. The Morgan fingerprint density at radius 2 is 1.74 bits per heavy atom. The lowest BCUT2D eigenvalue weighted by Gasteiger charge is -2.17. The van der Waals surface area contributed by atoms with E-state index < -0.39 is 0 Å². The molecule has 2 unspecified atom stereocenters. The summed E-state index contributed by atoms with van der Waals surface area (Å²) in [4.78, 5) is 5.53. The fourth-order valence-corrected chi connectivity index (χ4v) is 5.33. The Labute approximate surface area is 192 Å². The van der Waals surface area contributed by atoms with Gasteiger partial charge in [-0.05, 0) is 49.3 Å². The first kappa shape index (κ1) is 23.8. The predicted octanol–water partition coefficient (Wildman–Crippen LogP) is 8.60. The van der Waals surface area contributed by atoms with E-state index in [0.717, 1.165) is 23.7 Å². The number of nitrogens with zero attached hydrogens (tertiary/aromatic N) is 2. The van der Waals surface area contributed by atoms with Crippen molar-refractivity contribution >= 4 is 16.3 Å². The van der Waals surface area contributed by atoms with Crippen molar-refractivity contribution in [1.82, 2.24) is 9.38 Å². The quantitative estimate of drug-likeness (QED) is 0.221. The van der Waals surface area contributed by atoms with Crippen LogP contribution < -0.4 is 4.74 Å². The van der Waals surface area contributed by atoms with Crippen molar-refractivity contribution in [2.75, 3.05) is 6.61 Å². The molecule has 3 rings (SSSR count). The maximum absolute atomic E-state index is 5.94. The third-order valence-corrected chi connectivity index (χ3v) is 7.36. The molecule has 2 heterocycles. The van der Waals surface area contributed by atoms with E-state index >= 15 is 0 Å². The van der Waals surface area contributed by atoms with Crippen LogP contribution in [0, 0.1) is 0 Å². The van der Waals surface area contributed by atoms with E-state index in [9.17, 15) is 0 Å². The fourth-order valence-electron chi connectivity index (χ4n) is 4.40. The number of rotatable bonds is 15. The fraction of sp³-hybridized carbons (Fsp3) is 0.593. The summed E-state index contributed by atoms with van der Waals surface area (Å²) in [5.41, 5.74) is 2.85. The van der Waals surface area contributed by atoms with Crippen molar-refractivity contribution in [1.29, 1.82) is 0 Å². The third-order valence-electron chi connectivity index (χ3n) is 6.49. The molecule has 0 aliphatic heterocycles. The van der Waals surface area contributed by atoms with Crippen molar-refractivity contribution in [2.45, 2.75) is 96.8 Å². The van der Waals surface area contributed by atoms with Gasteiger partial charge >= 0.3 is 0 Å². The van der Waals surface area contributed by atoms with Crippen LogP contribution in [0.25, 0.3) is 4.96 Å². The second kappa shape index (κ2) is 12.9. The summed E-state index contributed by atoms with van der Waals surface area (Å²) in [5.74, 6) is 2.21. The highest BCUT2D eigenvalue weighted by molar-refractivity contribution is 7.15. The van der Waals surface area contributed by atoms with E-state index in [1.54, 1.807) is 11.3 Å². The van der Waals surface area contributed by atoms with Crippen LogP contribution in [0.1, 0.15) is 108 Å². The summed E-state index contributed by atoms with van der Waals surface area (Å²) in [7, 11) is 0. The average Bonchev–Trinajstić information content (AvgIpc) is 3.41. The van der Waals surface area contributed by atoms with Crippen LogP contribution in [-0.2, 0) is 0 Å². The predicted molar refractivity (Wildman–Crippen MR) is 134 cm³/mol. The van der Waals surface area contributed by atoms with Gasteiger partial charge in [0.25, 0.3) is 0 Å². The van der Waals surface area contributed by atoms with Crippen molar-refractivity contribution in [3.05, 3.63) is 53.3 Å². The lowest BCUT2D eigenvalue weighted by molar-refractivity contribution is 0.304. The highest BCUT2D eigenvalue weighted by atomic mass is 32.1. The maximum Gasteiger partial charge on any atom is 0.193 e. The van der Waals surface area contributed by atoms with Crippen molar-refractivity contribution in [3.63, 3.8) is 0 Å². The number of hydrogen-bond donors (Lipinski definition) is 0. The molecule has 0 spiro atoms. The van der Waals surface area contributed by atoms with Crippen LogP contribution in [-0.4, -0.2) is 16.0 Å². The Hall–Kier alpha value is -1.81. The third kappa shape index (κ3) is 7.10. The molecule has 0 bridgehead atoms. The highest BCUT2D eigenvalue weighted by Crippen LogP contribution is 2.31. The molecule has 170 valence electrons. The Balaban J connectivity index is 1.38. The normalized spacial score (nSPS) is 13.5. The molecule has 4 heteroatoms. The molecule has 2 atom stereocenters. The highest BCUT2D eigenvalue weighted by Gasteiger charge is 2.15. The Morgan fingerprint density at radius 1 is 0.968 bits per heavy atom. The molecule has 3 aromatic rings. The van der Waals surface area contributed by atoms with Gasteiger partial charge in [0.05, 0.1) is 6.61 Å². The van der Waals surface area contributed by atoms with E-state index in [4.69, 9.17) is 4.74 Å². The minimum Gasteiger partial charge on any atom is -0.494 e. The number of fused-ring (bicyclic) bond motifs is 1. The summed E-state index contributed by atoms with van der Waals surface area (Å²) < 4.78 is 8.21. The largest absolute Gasteiger partial charge is 0.494 e. The zero-order valence-electron chi connectivity index (χ0n) is 19.7. The zero-order valence-corrected chi connectivity index (χ0v) is 20.5. The number of aromatic nitrogens is 2. The second-order valence-corrected chi connectivity index (χ2v) is 9.70. The van der Waals surface area contributed by atoms with E-state index in [-0.39, 0.29) is 0 Å². The zero-order chi connectivity index (χ0) is 21.9. The van der Waals surface area contributed by atoms with Crippen LogP contribution in [0.4, 0.5) is 0 Å². The molecule has 3 nitrogen and oxygen atoms in total. The van der Waals surface area contributed by atoms with Gasteiger partial charge in [-0.3, -0.25) is 4.40 Å². The van der Waals surface area contributed by atoms with Gasteiger partial charge < -0.3 is 4.74 Å². The molecule has 0 amide bonds. The average molecular weight is 441 g/mol. The minimum absolute atomic E-state index is 0.584. The molecule has 0 radical (unpaired) electrons. The van der Waals surface area contributed by atoms with Gasteiger partial charge in [0, 0.05) is 29.4 Å². The van der Waals surface area contributed by atoms with E-state index in [0.29, 0.717) is 11.8 Å². The molecule has 31 heavy (non-hydrogen) atoms. The topological polar surface area (TPSA) is 26.5 Å². The first-order valence-electron chi connectivity index (χ1n) is 12.4. The van der Waals surface area contributed by atoms with E-state index in [1.165, 1.54) is 69.0 Å². The molecule has 0 aliphatic carbocycles. The molecule has 0 N–H and O–H groups in total. The van der Waals surface area contributed by atoms with Gasteiger partial charge in [0.2, 0.25) is 0 Å². The first-order chi connectivity index (χ1) is 15.2. The van der Waals surface area contributed by atoms with Gasteiger partial charge in [0.1, 0.15) is 5.75 Å². The van der Waals surface area contributed by atoms with Gasteiger partial charge in [0.15, 0.2) is 4.96 Å². The maximum atomic E-state index is 5.94. The standard InChI is InChI=1S/C27H40N2OS/c1-4-6-7-8-9-10-20-30-25-16-14-24(15-17-25)22(3)12-11-13-23(5-2)26-21-31-27-28-18-19-29(26)27/h14-19,21-23H,4-13,20H2,1-3H3. The second-order valence-electron chi connectivity index (χ2n) is 8.86. The number of benzene rings is 1. The first-order valence-corrected chi connectivity index (χ1v) is 13.2. The molecule has 0 aliphatic rings. The van der Waals surface area contributed by atoms with Crippen molar-refractivity contribution in [3.8, 4) is 5.75 Å². The van der Waals surface area contributed by atoms with Gasteiger partial charge in [-0.2, -0.15) is 0 Å². The minimum atomic E-state index is 0.584. The molecular formula is C27H40N2OS. The monoisotopic (exact) mass is 440 g/mol. The van der Waals surface area contributed by atoms with Crippen molar-refractivity contribution < 1.29 is 4.74 Å². The summed E-state index contributed by atoms with van der Waals surface area (Å²) in [6, 6.07) is 8.82. The summed E-state index contributed by atoms with van der Waals surface area (Å²) in [6.07, 6.45) is 16.7. The molecular weight excluding hydrogens is 400 g/mol. The summed E-state index contributed by atoms with van der Waals surface area (Å²) >= 11 is 1.75. The Morgan fingerprint density at radius 3 is 2.52 bits per heavy atom. The van der Waals surface area contributed by atoms with Gasteiger partial charge in [-0.15, -0.1) is 11.3 Å². The molecule has 2 aromatic heterocycles. The lowest BCUT2D eigenvalue weighted by atomic mass is 9.90. The van der Waals surface area contributed by atoms with Crippen LogP contribution in [0.3, 0.4) is 0 Å². The van der Waals surface area contributed by atoms with Crippen LogP contribution >= 0.6 is 11.3 Å². The van der Waals surface area contributed by atoms with Crippen molar-refractivity contribution in [2.24, 2.45) is 0 Å². The Kier molecular flexibility index (Phi) is 9.92. The lowest BCUT2D eigenvalue weighted by Crippen LogP contribution is -2.02. The number of hydrogen-bond acceptors (Lipinski definition) is 3. The van der Waals surface area contributed by atoms with Crippen LogP contribution in [0.2, 0.25) is 0 Å². The van der Waals surface area contributed by atoms with Crippen LogP contribution in [0.15, 0.2) is 42.0 Å². The van der Waals surface area contributed by atoms with E-state index in [2.05, 4.69) is 66.0 Å². The Bertz CT molecular complexity index is 867. The molecule has 0 saturated heterocycles. The molecule has 0 fully saturated rings. The smallest absolute Gasteiger partial charge is 0.193 e. The molecule has 0 saturated carbocycles. The number of unbranched alkanes of at least 4 members (excludes halogenated alkanes) is 5. The number of ether oxygens (including phenoxy) is 1. The summed E-state index contributed by atoms with van der Waals surface area (Å²) in [6.45, 7) is 7.76. The van der Waals surface area contributed by atoms with E-state index in [1.807, 2.05) is 6.20 Å². The van der Waals surface area contributed by atoms with Gasteiger partial charge in [-0.25, -0.2) is 4.98 Å². The number of imidazole rings is 1. The molecule has 1 aromatic carbocycles. The van der Waals surface area contributed by atoms with Gasteiger partial charge in [-0.1, -0.05) is 71.4 Å². The summed E-state index contributed by atoms with van der Waals surface area (Å²) in [5, 5.41) is 2.30. The van der Waals surface area contributed by atoms with Crippen LogP contribution in [0.5, 0.6) is 5.75 Å².